The van der Waals surface area contributed by atoms with Gasteiger partial charge in [-0.3, -0.25) is 9.69 Å². The highest BCUT2D eigenvalue weighted by Crippen LogP contribution is 2.29. The smallest absolute Gasteiger partial charge is 0.237 e. The van der Waals surface area contributed by atoms with Gasteiger partial charge in [-0.15, -0.1) is 0 Å². The van der Waals surface area contributed by atoms with Crippen LogP contribution >= 0.6 is 0 Å². The lowest BCUT2D eigenvalue weighted by molar-refractivity contribution is -0.126. The van der Waals surface area contributed by atoms with Gasteiger partial charge in [-0.2, -0.15) is 0 Å². The molecular formula is C15H29N3O2. The molecule has 116 valence electrons. The molecule has 1 heterocycles. The molecule has 1 aliphatic carbocycles. The molecule has 2 rings (SSSR count). The molecular weight excluding hydrogens is 254 g/mol. The van der Waals surface area contributed by atoms with Gasteiger partial charge in [0.15, 0.2) is 0 Å². The van der Waals surface area contributed by atoms with Crippen LogP contribution < -0.4 is 11.1 Å². The number of amides is 1. The molecule has 3 N–H and O–H groups in total. The summed E-state index contributed by atoms with van der Waals surface area (Å²) >= 11 is 0. The van der Waals surface area contributed by atoms with Crippen LogP contribution in [0.3, 0.4) is 0 Å². The maximum Gasteiger partial charge on any atom is 0.237 e. The van der Waals surface area contributed by atoms with E-state index in [1.807, 2.05) is 6.92 Å². The molecule has 2 unspecified atom stereocenters. The number of carbonyl (C=O) groups excluding carboxylic acids is 1. The summed E-state index contributed by atoms with van der Waals surface area (Å²) in [5, 5.41) is 3.43. The molecule has 5 heteroatoms. The summed E-state index contributed by atoms with van der Waals surface area (Å²) < 4.78 is 5.57. The van der Waals surface area contributed by atoms with Crippen LogP contribution in [0.4, 0.5) is 0 Å². The van der Waals surface area contributed by atoms with Crippen LogP contribution in [-0.4, -0.2) is 53.7 Å². The lowest BCUT2D eigenvalue weighted by Crippen LogP contribution is -2.61. The molecule has 2 aliphatic rings. The Morgan fingerprint density at radius 3 is 2.70 bits per heavy atom. The van der Waals surface area contributed by atoms with Crippen LogP contribution in [0.1, 0.15) is 47.0 Å². The highest BCUT2D eigenvalue weighted by molar-refractivity contribution is 5.84. The number of nitrogens with one attached hydrogen (secondary N) is 1. The fraction of sp³-hybridized carbons (Fsp3) is 0.933. The van der Waals surface area contributed by atoms with E-state index in [0.717, 1.165) is 39.0 Å². The fourth-order valence-corrected chi connectivity index (χ4v) is 3.30. The highest BCUT2D eigenvalue weighted by atomic mass is 16.5. The first-order valence-corrected chi connectivity index (χ1v) is 7.67. The normalized spacial score (nSPS) is 27.8. The van der Waals surface area contributed by atoms with Crippen molar-refractivity contribution in [3.05, 3.63) is 0 Å². The summed E-state index contributed by atoms with van der Waals surface area (Å²) in [6.07, 6.45) is 3.04. The number of hydrogen-bond acceptors (Lipinski definition) is 4. The molecule has 0 spiro atoms. The predicted molar refractivity (Wildman–Crippen MR) is 79.4 cm³/mol. The van der Waals surface area contributed by atoms with Gasteiger partial charge in [0.25, 0.3) is 0 Å². The molecule has 1 saturated heterocycles. The van der Waals surface area contributed by atoms with Gasteiger partial charge in [-0.1, -0.05) is 0 Å². The number of nitrogens with zero attached hydrogens (tertiary/aromatic N) is 1. The van der Waals surface area contributed by atoms with Crippen molar-refractivity contribution in [3.8, 4) is 0 Å². The first-order chi connectivity index (χ1) is 9.24. The summed E-state index contributed by atoms with van der Waals surface area (Å²) in [7, 11) is 0. The summed E-state index contributed by atoms with van der Waals surface area (Å²) in [6, 6.07) is 0.759. The van der Waals surface area contributed by atoms with Gasteiger partial charge in [0.1, 0.15) is 0 Å². The fourth-order valence-electron chi connectivity index (χ4n) is 3.30. The lowest BCUT2D eigenvalue weighted by atomic mass is 9.89. The standard InChI is InChI=1S/C15H29N3O2/c1-11(18-7-8-20-10-14(18,2)3)9-15(4,13(16)19)17-12-5-6-12/h11-12,17H,5-10H2,1-4H3,(H2,16,19). The second-order valence-electron chi connectivity index (χ2n) is 7.23. The Labute approximate surface area is 122 Å². The minimum atomic E-state index is -0.616. The average Bonchev–Trinajstić information content (AvgIpc) is 3.11. The third kappa shape index (κ3) is 3.51. The summed E-state index contributed by atoms with van der Waals surface area (Å²) in [5.74, 6) is -0.248. The maximum absolute atomic E-state index is 11.9. The number of nitrogens with two attached hydrogens (primary N) is 1. The molecule has 2 atom stereocenters. The molecule has 1 aliphatic heterocycles. The Hall–Kier alpha value is -0.650. The summed E-state index contributed by atoms with van der Waals surface area (Å²) in [4.78, 5) is 14.3. The van der Waals surface area contributed by atoms with Crippen LogP contribution in [0.2, 0.25) is 0 Å². The van der Waals surface area contributed by atoms with Crippen molar-refractivity contribution in [3.63, 3.8) is 0 Å². The monoisotopic (exact) mass is 283 g/mol. The van der Waals surface area contributed by atoms with Crippen LogP contribution in [0.5, 0.6) is 0 Å². The van der Waals surface area contributed by atoms with Crippen molar-refractivity contribution in [1.29, 1.82) is 0 Å². The largest absolute Gasteiger partial charge is 0.378 e. The van der Waals surface area contributed by atoms with Crippen molar-refractivity contribution in [2.45, 2.75) is 70.1 Å². The van der Waals surface area contributed by atoms with E-state index in [1.165, 1.54) is 0 Å². The second-order valence-corrected chi connectivity index (χ2v) is 7.23. The Balaban J connectivity index is 2.03. The van der Waals surface area contributed by atoms with Crippen molar-refractivity contribution in [2.75, 3.05) is 19.8 Å². The lowest BCUT2D eigenvalue weighted by Gasteiger charge is -2.47. The Morgan fingerprint density at radius 2 is 2.20 bits per heavy atom. The molecule has 0 bridgehead atoms. The van der Waals surface area contributed by atoms with E-state index in [4.69, 9.17) is 10.5 Å². The van der Waals surface area contributed by atoms with E-state index in [2.05, 4.69) is 31.0 Å². The third-order valence-corrected chi connectivity index (χ3v) is 4.59. The number of morpholine rings is 1. The SMILES string of the molecule is CC(CC(C)(NC1CC1)C(N)=O)N1CCOCC1(C)C. The third-order valence-electron chi connectivity index (χ3n) is 4.59. The predicted octanol–water partition coefficient (Wildman–Crippen LogP) is 0.872. The highest BCUT2D eigenvalue weighted by Gasteiger charge is 2.41. The Kier molecular flexibility index (Phi) is 4.42. The Morgan fingerprint density at radius 1 is 1.55 bits per heavy atom. The van der Waals surface area contributed by atoms with Crippen LogP contribution in [0.15, 0.2) is 0 Å². The molecule has 0 aromatic heterocycles. The van der Waals surface area contributed by atoms with Crippen molar-refractivity contribution in [2.24, 2.45) is 5.73 Å². The molecule has 2 fully saturated rings. The first kappa shape index (κ1) is 15.7. The van der Waals surface area contributed by atoms with E-state index >= 15 is 0 Å². The topological polar surface area (TPSA) is 67.6 Å². The molecule has 5 nitrogen and oxygen atoms in total. The number of rotatable bonds is 6. The zero-order chi connectivity index (χ0) is 15.0. The van der Waals surface area contributed by atoms with Gasteiger partial charge in [-0.05, 0) is 47.0 Å². The van der Waals surface area contributed by atoms with Gasteiger partial charge in [-0.25, -0.2) is 0 Å². The van der Waals surface area contributed by atoms with Gasteiger partial charge >= 0.3 is 0 Å². The van der Waals surface area contributed by atoms with Gasteiger partial charge < -0.3 is 15.8 Å². The van der Waals surface area contributed by atoms with Crippen LogP contribution in [0, 0.1) is 0 Å². The first-order valence-electron chi connectivity index (χ1n) is 7.67. The van der Waals surface area contributed by atoms with Crippen molar-refractivity contribution < 1.29 is 9.53 Å². The number of ether oxygens (including phenoxy) is 1. The second kappa shape index (κ2) is 5.62. The van der Waals surface area contributed by atoms with E-state index in [-0.39, 0.29) is 17.5 Å². The van der Waals surface area contributed by atoms with Gasteiger partial charge in [0.2, 0.25) is 5.91 Å². The van der Waals surface area contributed by atoms with Crippen molar-refractivity contribution >= 4 is 5.91 Å². The van der Waals surface area contributed by atoms with Crippen LogP contribution in [-0.2, 0) is 9.53 Å². The van der Waals surface area contributed by atoms with E-state index in [0.29, 0.717) is 6.04 Å². The number of primary amides is 1. The molecule has 0 aromatic rings. The number of hydrogen-bond donors (Lipinski definition) is 2. The average molecular weight is 283 g/mol. The molecule has 1 saturated carbocycles. The molecule has 1 amide bonds. The Bertz CT molecular complexity index is 368. The molecule has 0 aromatic carbocycles. The minimum absolute atomic E-state index is 0.00973. The zero-order valence-corrected chi connectivity index (χ0v) is 13.2. The summed E-state index contributed by atoms with van der Waals surface area (Å²) in [5.41, 5.74) is 5.04. The van der Waals surface area contributed by atoms with Gasteiger partial charge in [0.05, 0.1) is 18.8 Å². The zero-order valence-electron chi connectivity index (χ0n) is 13.2. The van der Waals surface area contributed by atoms with Crippen LogP contribution in [0.25, 0.3) is 0 Å². The maximum atomic E-state index is 11.9. The molecule has 20 heavy (non-hydrogen) atoms. The molecule has 0 radical (unpaired) electrons. The summed E-state index contributed by atoms with van der Waals surface area (Å²) in [6.45, 7) is 10.9. The quantitative estimate of drug-likeness (QED) is 0.759. The van der Waals surface area contributed by atoms with Crippen molar-refractivity contribution in [1.82, 2.24) is 10.2 Å². The minimum Gasteiger partial charge on any atom is -0.378 e. The van der Waals surface area contributed by atoms with Gasteiger partial charge in [0, 0.05) is 24.2 Å². The van der Waals surface area contributed by atoms with E-state index in [9.17, 15) is 4.79 Å². The van der Waals surface area contributed by atoms with E-state index in [1.54, 1.807) is 0 Å². The van der Waals surface area contributed by atoms with E-state index < -0.39 is 5.54 Å². The number of carbonyl (C=O) groups is 1.